The molecular weight excluding hydrogens is 180 g/mol. The van der Waals surface area contributed by atoms with Gasteiger partial charge < -0.3 is 4.74 Å². The van der Waals surface area contributed by atoms with E-state index >= 15 is 0 Å². The van der Waals surface area contributed by atoms with Gasteiger partial charge in [-0.3, -0.25) is 4.90 Å². The zero-order valence-electron chi connectivity index (χ0n) is 8.70. The highest BCUT2D eigenvalue weighted by Gasteiger charge is 2.20. The van der Waals surface area contributed by atoms with Gasteiger partial charge in [0.05, 0.1) is 12.6 Å². The minimum Gasteiger partial charge on any atom is -0.444 e. The summed E-state index contributed by atoms with van der Waals surface area (Å²) in [5.74, 6) is 2.29. The lowest BCUT2D eigenvalue weighted by atomic mass is 10.2. The number of hydrogen-bond donors (Lipinski definition) is 0. The Balaban J connectivity index is 4.32. The SMILES string of the molecule is C#CCN(CC#N)C(=O)OC(C)(C)C. The van der Waals surface area contributed by atoms with Gasteiger partial charge in [0.25, 0.3) is 0 Å². The van der Waals surface area contributed by atoms with E-state index in [2.05, 4.69) is 5.92 Å². The largest absolute Gasteiger partial charge is 0.444 e. The standard InChI is InChI=1S/C10H14N2O2/c1-5-7-12(8-6-11)9(13)14-10(2,3)4/h1H,7-8H2,2-4H3. The number of rotatable bonds is 2. The summed E-state index contributed by atoms with van der Waals surface area (Å²) in [7, 11) is 0. The van der Waals surface area contributed by atoms with Crippen LogP contribution in [0, 0.1) is 23.7 Å². The minimum absolute atomic E-state index is 0.0564. The van der Waals surface area contributed by atoms with Gasteiger partial charge in [0.2, 0.25) is 0 Å². The van der Waals surface area contributed by atoms with Gasteiger partial charge in [-0.15, -0.1) is 6.42 Å². The molecule has 0 heterocycles. The van der Waals surface area contributed by atoms with E-state index in [0.29, 0.717) is 0 Å². The molecule has 0 aliphatic carbocycles. The van der Waals surface area contributed by atoms with E-state index in [-0.39, 0.29) is 13.1 Å². The molecule has 0 aromatic rings. The van der Waals surface area contributed by atoms with Crippen LogP contribution >= 0.6 is 0 Å². The fraction of sp³-hybridized carbons (Fsp3) is 0.600. The average molecular weight is 194 g/mol. The van der Waals surface area contributed by atoms with E-state index in [1.807, 2.05) is 6.07 Å². The number of nitriles is 1. The maximum absolute atomic E-state index is 11.4. The maximum Gasteiger partial charge on any atom is 0.411 e. The Kier molecular flexibility index (Phi) is 4.52. The van der Waals surface area contributed by atoms with E-state index in [1.165, 1.54) is 4.90 Å². The summed E-state index contributed by atoms with van der Waals surface area (Å²) in [4.78, 5) is 12.6. The second-order valence-corrected chi connectivity index (χ2v) is 3.70. The summed E-state index contributed by atoms with van der Waals surface area (Å²) in [6, 6.07) is 1.85. The third kappa shape index (κ3) is 5.05. The molecule has 0 rings (SSSR count). The Morgan fingerprint density at radius 2 is 2.07 bits per heavy atom. The Morgan fingerprint density at radius 1 is 1.50 bits per heavy atom. The number of nitrogens with zero attached hydrogens (tertiary/aromatic N) is 2. The number of amides is 1. The quantitative estimate of drug-likeness (QED) is 0.493. The van der Waals surface area contributed by atoms with Crippen molar-refractivity contribution in [3.63, 3.8) is 0 Å². The van der Waals surface area contributed by atoms with Gasteiger partial charge in [-0.05, 0) is 20.8 Å². The highest BCUT2D eigenvalue weighted by molar-refractivity contribution is 5.68. The molecular formula is C10H14N2O2. The van der Waals surface area contributed by atoms with Crippen molar-refractivity contribution >= 4 is 6.09 Å². The summed E-state index contributed by atoms with van der Waals surface area (Å²) in [6.07, 6.45) is 4.49. The summed E-state index contributed by atoms with van der Waals surface area (Å²) in [6.45, 7) is 5.30. The summed E-state index contributed by atoms with van der Waals surface area (Å²) in [5, 5.41) is 8.44. The summed E-state index contributed by atoms with van der Waals surface area (Å²) < 4.78 is 5.05. The van der Waals surface area contributed by atoms with Crippen LogP contribution < -0.4 is 0 Å². The molecule has 0 aromatic carbocycles. The van der Waals surface area contributed by atoms with E-state index in [1.54, 1.807) is 20.8 Å². The third-order valence-electron chi connectivity index (χ3n) is 1.20. The zero-order valence-corrected chi connectivity index (χ0v) is 8.70. The number of ether oxygens (including phenoxy) is 1. The molecule has 0 bridgehead atoms. The first-order valence-electron chi connectivity index (χ1n) is 4.19. The molecule has 4 heteroatoms. The Hall–Kier alpha value is -1.68. The van der Waals surface area contributed by atoms with E-state index in [9.17, 15) is 4.79 Å². The first-order chi connectivity index (χ1) is 6.40. The molecule has 0 saturated heterocycles. The van der Waals surface area contributed by atoms with Crippen molar-refractivity contribution in [3.05, 3.63) is 0 Å². The lowest BCUT2D eigenvalue weighted by Gasteiger charge is -2.24. The molecule has 4 nitrogen and oxygen atoms in total. The van der Waals surface area contributed by atoms with Crippen molar-refractivity contribution < 1.29 is 9.53 Å². The highest BCUT2D eigenvalue weighted by atomic mass is 16.6. The number of hydrogen-bond acceptors (Lipinski definition) is 3. The molecule has 0 radical (unpaired) electrons. The van der Waals surface area contributed by atoms with Crippen molar-refractivity contribution in [2.45, 2.75) is 26.4 Å². The molecule has 0 saturated carbocycles. The van der Waals surface area contributed by atoms with Gasteiger partial charge in [0.1, 0.15) is 12.1 Å². The molecule has 0 spiro atoms. The van der Waals surface area contributed by atoms with Crippen LogP contribution in [0.1, 0.15) is 20.8 Å². The molecule has 0 aliphatic rings. The second-order valence-electron chi connectivity index (χ2n) is 3.70. The van der Waals surface area contributed by atoms with Crippen molar-refractivity contribution in [2.75, 3.05) is 13.1 Å². The predicted octanol–water partition coefficient (Wildman–Crippen LogP) is 1.38. The molecule has 76 valence electrons. The molecule has 0 N–H and O–H groups in total. The van der Waals surface area contributed by atoms with Crippen LogP contribution in [0.5, 0.6) is 0 Å². The topological polar surface area (TPSA) is 53.3 Å². The van der Waals surface area contributed by atoms with Gasteiger partial charge in [0.15, 0.2) is 0 Å². The van der Waals surface area contributed by atoms with Gasteiger partial charge in [-0.1, -0.05) is 5.92 Å². The van der Waals surface area contributed by atoms with Crippen LogP contribution in [-0.2, 0) is 4.74 Å². The Bertz CT molecular complexity index is 262. The molecule has 0 unspecified atom stereocenters. The van der Waals surface area contributed by atoms with Gasteiger partial charge in [-0.2, -0.15) is 5.26 Å². The molecule has 1 amide bonds. The number of terminal acetylenes is 1. The first kappa shape index (κ1) is 12.3. The van der Waals surface area contributed by atoms with Gasteiger partial charge >= 0.3 is 6.09 Å². The lowest BCUT2D eigenvalue weighted by Crippen LogP contribution is -2.37. The van der Waals surface area contributed by atoms with Crippen LogP contribution in [0.2, 0.25) is 0 Å². The van der Waals surface area contributed by atoms with Crippen LogP contribution in [0.4, 0.5) is 4.79 Å². The molecule has 0 aliphatic heterocycles. The number of carbonyl (C=O) groups excluding carboxylic acids is 1. The van der Waals surface area contributed by atoms with E-state index < -0.39 is 11.7 Å². The van der Waals surface area contributed by atoms with Gasteiger partial charge in [-0.25, -0.2) is 4.79 Å². The van der Waals surface area contributed by atoms with Crippen LogP contribution in [0.3, 0.4) is 0 Å². The molecule has 0 aromatic heterocycles. The fourth-order valence-corrected chi connectivity index (χ4v) is 0.707. The van der Waals surface area contributed by atoms with Gasteiger partial charge in [0, 0.05) is 0 Å². The van der Waals surface area contributed by atoms with E-state index in [0.717, 1.165) is 0 Å². The average Bonchev–Trinajstić information content (AvgIpc) is 2.01. The second kappa shape index (κ2) is 5.14. The molecule has 0 atom stereocenters. The zero-order chi connectivity index (χ0) is 11.2. The normalized spacial score (nSPS) is 9.79. The highest BCUT2D eigenvalue weighted by Crippen LogP contribution is 2.09. The van der Waals surface area contributed by atoms with Crippen molar-refractivity contribution in [2.24, 2.45) is 0 Å². The third-order valence-corrected chi connectivity index (χ3v) is 1.20. The summed E-state index contributed by atoms with van der Waals surface area (Å²) >= 11 is 0. The van der Waals surface area contributed by atoms with Crippen LogP contribution in [-0.4, -0.2) is 29.7 Å². The number of carbonyl (C=O) groups is 1. The van der Waals surface area contributed by atoms with E-state index in [4.69, 9.17) is 16.4 Å². The summed E-state index contributed by atoms with van der Waals surface area (Å²) in [5.41, 5.74) is -0.570. The minimum atomic E-state index is -0.570. The predicted molar refractivity (Wildman–Crippen MR) is 52.3 cm³/mol. The molecule has 0 fully saturated rings. The van der Waals surface area contributed by atoms with Crippen LogP contribution in [0.25, 0.3) is 0 Å². The Morgan fingerprint density at radius 3 is 2.43 bits per heavy atom. The van der Waals surface area contributed by atoms with Crippen molar-refractivity contribution in [3.8, 4) is 18.4 Å². The van der Waals surface area contributed by atoms with Crippen molar-refractivity contribution in [1.29, 1.82) is 5.26 Å². The van der Waals surface area contributed by atoms with Crippen LogP contribution in [0.15, 0.2) is 0 Å². The van der Waals surface area contributed by atoms with Crippen molar-refractivity contribution in [1.82, 2.24) is 4.90 Å². The fourth-order valence-electron chi connectivity index (χ4n) is 0.707. The Labute approximate surface area is 84.5 Å². The molecule has 14 heavy (non-hydrogen) atoms. The smallest absolute Gasteiger partial charge is 0.411 e. The monoisotopic (exact) mass is 194 g/mol. The lowest BCUT2D eigenvalue weighted by molar-refractivity contribution is 0.0298. The first-order valence-corrected chi connectivity index (χ1v) is 4.19. The maximum atomic E-state index is 11.4.